The van der Waals surface area contributed by atoms with Crippen molar-refractivity contribution in [2.24, 2.45) is 29.4 Å². The van der Waals surface area contributed by atoms with Crippen LogP contribution in [0.15, 0.2) is 0 Å². The minimum atomic E-state index is 0.514. The minimum Gasteiger partial charge on any atom is -0.327 e. The Morgan fingerprint density at radius 3 is 2.33 bits per heavy atom. The maximum atomic E-state index is 6.17. The first kappa shape index (κ1) is 8.55. The zero-order chi connectivity index (χ0) is 8.72. The molecule has 12 heavy (non-hydrogen) atoms. The Morgan fingerprint density at radius 2 is 1.83 bits per heavy atom. The number of hydrogen-bond acceptors (Lipinski definition) is 1. The van der Waals surface area contributed by atoms with E-state index in [9.17, 15) is 0 Å². The van der Waals surface area contributed by atoms with E-state index in [0.29, 0.717) is 6.04 Å². The third kappa shape index (κ3) is 1.39. The van der Waals surface area contributed by atoms with E-state index < -0.39 is 0 Å². The molecule has 0 aromatic rings. The molecule has 2 rings (SSSR count). The Morgan fingerprint density at radius 1 is 1.25 bits per heavy atom. The van der Waals surface area contributed by atoms with Gasteiger partial charge in [0.15, 0.2) is 0 Å². The van der Waals surface area contributed by atoms with Gasteiger partial charge in [0.2, 0.25) is 0 Å². The van der Waals surface area contributed by atoms with Crippen LogP contribution < -0.4 is 5.73 Å². The number of fused-ring (bicyclic) bond motifs is 1. The quantitative estimate of drug-likeness (QED) is 0.686. The molecule has 0 aromatic heterocycles. The van der Waals surface area contributed by atoms with E-state index >= 15 is 0 Å². The summed E-state index contributed by atoms with van der Waals surface area (Å²) in [4.78, 5) is 0. The molecule has 2 aliphatic rings. The molecular weight excluding hydrogens is 146 g/mol. The zero-order valence-corrected chi connectivity index (χ0v) is 8.29. The molecule has 0 bridgehead atoms. The van der Waals surface area contributed by atoms with Gasteiger partial charge in [0.1, 0.15) is 0 Å². The molecule has 2 saturated carbocycles. The maximum Gasteiger partial charge on any atom is 0.00750 e. The summed E-state index contributed by atoms with van der Waals surface area (Å²) in [5.41, 5.74) is 6.17. The summed E-state index contributed by atoms with van der Waals surface area (Å²) in [7, 11) is 0. The van der Waals surface area contributed by atoms with E-state index in [2.05, 4.69) is 13.8 Å². The van der Waals surface area contributed by atoms with Gasteiger partial charge in [0.05, 0.1) is 0 Å². The Balaban J connectivity index is 1.79. The second-order valence-corrected chi connectivity index (χ2v) is 5.13. The first-order valence-electron chi connectivity index (χ1n) is 5.45. The van der Waals surface area contributed by atoms with Gasteiger partial charge in [-0.3, -0.25) is 0 Å². The fraction of sp³-hybridized carbons (Fsp3) is 1.00. The Bertz CT molecular complexity index is 154. The highest BCUT2D eigenvalue weighted by Gasteiger charge is 2.54. The van der Waals surface area contributed by atoms with Gasteiger partial charge in [-0.05, 0) is 42.9 Å². The predicted octanol–water partition coefficient (Wildman–Crippen LogP) is 2.41. The monoisotopic (exact) mass is 167 g/mol. The van der Waals surface area contributed by atoms with E-state index in [-0.39, 0.29) is 0 Å². The standard InChI is InChI=1S/C11H21N/c1-7(2)6-10(12)11-8-4-3-5-9(8)11/h7-11H,3-6,12H2,1-2H3. The van der Waals surface area contributed by atoms with Crippen molar-refractivity contribution in [3.8, 4) is 0 Å². The van der Waals surface area contributed by atoms with E-state index in [1.807, 2.05) is 0 Å². The maximum absolute atomic E-state index is 6.17. The molecule has 2 N–H and O–H groups in total. The van der Waals surface area contributed by atoms with Crippen LogP contribution in [0, 0.1) is 23.7 Å². The average molecular weight is 167 g/mol. The van der Waals surface area contributed by atoms with Crippen molar-refractivity contribution in [3.05, 3.63) is 0 Å². The molecule has 0 aromatic carbocycles. The van der Waals surface area contributed by atoms with Crippen LogP contribution in [0.25, 0.3) is 0 Å². The fourth-order valence-electron chi connectivity index (χ4n) is 3.21. The molecule has 1 heteroatoms. The smallest absolute Gasteiger partial charge is 0.00750 e. The lowest BCUT2D eigenvalue weighted by molar-refractivity contribution is 0.411. The molecule has 70 valence electrons. The van der Waals surface area contributed by atoms with E-state index in [1.165, 1.54) is 25.7 Å². The van der Waals surface area contributed by atoms with Crippen LogP contribution in [0.1, 0.15) is 39.5 Å². The molecule has 2 aliphatic carbocycles. The molecule has 0 aliphatic heterocycles. The summed E-state index contributed by atoms with van der Waals surface area (Å²) in [5, 5.41) is 0. The lowest BCUT2D eigenvalue weighted by atomic mass is 9.96. The lowest BCUT2D eigenvalue weighted by Crippen LogP contribution is -2.26. The number of rotatable bonds is 3. The van der Waals surface area contributed by atoms with Crippen LogP contribution in [-0.4, -0.2) is 6.04 Å². The first-order chi connectivity index (χ1) is 5.70. The van der Waals surface area contributed by atoms with Gasteiger partial charge in [0, 0.05) is 6.04 Å². The molecule has 0 spiro atoms. The van der Waals surface area contributed by atoms with Gasteiger partial charge in [-0.1, -0.05) is 20.3 Å². The third-order valence-corrected chi connectivity index (χ3v) is 3.71. The van der Waals surface area contributed by atoms with Crippen molar-refractivity contribution in [3.63, 3.8) is 0 Å². The van der Waals surface area contributed by atoms with Crippen molar-refractivity contribution in [2.75, 3.05) is 0 Å². The molecule has 3 atom stereocenters. The highest BCUT2D eigenvalue weighted by atomic mass is 14.7. The highest BCUT2D eigenvalue weighted by Crippen LogP contribution is 2.59. The second-order valence-electron chi connectivity index (χ2n) is 5.13. The molecule has 2 fully saturated rings. The van der Waals surface area contributed by atoms with Crippen LogP contribution in [0.2, 0.25) is 0 Å². The topological polar surface area (TPSA) is 26.0 Å². The van der Waals surface area contributed by atoms with Crippen molar-refractivity contribution in [1.29, 1.82) is 0 Å². The summed E-state index contributed by atoms with van der Waals surface area (Å²) < 4.78 is 0. The van der Waals surface area contributed by atoms with Crippen LogP contribution in [0.5, 0.6) is 0 Å². The molecule has 0 amide bonds. The molecular formula is C11H21N. The van der Waals surface area contributed by atoms with Gasteiger partial charge in [-0.15, -0.1) is 0 Å². The van der Waals surface area contributed by atoms with Crippen LogP contribution in [0.4, 0.5) is 0 Å². The van der Waals surface area contributed by atoms with Crippen molar-refractivity contribution < 1.29 is 0 Å². The third-order valence-electron chi connectivity index (χ3n) is 3.71. The number of nitrogens with two attached hydrogens (primary N) is 1. The zero-order valence-electron chi connectivity index (χ0n) is 8.29. The van der Waals surface area contributed by atoms with Crippen molar-refractivity contribution >= 4 is 0 Å². The van der Waals surface area contributed by atoms with Gasteiger partial charge >= 0.3 is 0 Å². The summed E-state index contributed by atoms with van der Waals surface area (Å²) in [5.74, 6) is 3.78. The molecule has 0 radical (unpaired) electrons. The lowest BCUT2D eigenvalue weighted by Gasteiger charge is -2.15. The SMILES string of the molecule is CC(C)CC(N)C1C2CCCC21. The molecule has 3 unspecified atom stereocenters. The van der Waals surface area contributed by atoms with E-state index in [1.54, 1.807) is 0 Å². The van der Waals surface area contributed by atoms with E-state index in [4.69, 9.17) is 5.73 Å². The minimum absolute atomic E-state index is 0.514. The fourth-order valence-corrected chi connectivity index (χ4v) is 3.21. The Hall–Kier alpha value is -0.0400. The normalized spacial score (nSPS) is 41.5. The van der Waals surface area contributed by atoms with Crippen molar-refractivity contribution in [1.82, 2.24) is 0 Å². The second kappa shape index (κ2) is 3.02. The summed E-state index contributed by atoms with van der Waals surface area (Å²) in [6, 6.07) is 0.514. The Labute approximate surface area is 75.7 Å². The summed E-state index contributed by atoms with van der Waals surface area (Å²) >= 11 is 0. The first-order valence-corrected chi connectivity index (χ1v) is 5.45. The predicted molar refractivity (Wildman–Crippen MR) is 51.8 cm³/mol. The number of hydrogen-bond donors (Lipinski definition) is 1. The van der Waals surface area contributed by atoms with Gasteiger partial charge in [0.25, 0.3) is 0 Å². The largest absolute Gasteiger partial charge is 0.327 e. The van der Waals surface area contributed by atoms with E-state index in [0.717, 1.165) is 23.7 Å². The summed E-state index contributed by atoms with van der Waals surface area (Å²) in [6.07, 6.45) is 5.65. The molecule has 1 nitrogen and oxygen atoms in total. The van der Waals surface area contributed by atoms with Crippen molar-refractivity contribution in [2.45, 2.75) is 45.6 Å². The Kier molecular flexibility index (Phi) is 2.16. The van der Waals surface area contributed by atoms with Gasteiger partial charge < -0.3 is 5.73 Å². The van der Waals surface area contributed by atoms with Gasteiger partial charge in [-0.2, -0.15) is 0 Å². The summed E-state index contributed by atoms with van der Waals surface area (Å²) in [6.45, 7) is 4.55. The average Bonchev–Trinajstić information content (AvgIpc) is 2.45. The van der Waals surface area contributed by atoms with Crippen LogP contribution in [0.3, 0.4) is 0 Å². The molecule has 0 saturated heterocycles. The van der Waals surface area contributed by atoms with Gasteiger partial charge in [-0.25, -0.2) is 0 Å². The highest BCUT2D eigenvalue weighted by molar-refractivity contribution is 5.05. The van der Waals surface area contributed by atoms with Crippen LogP contribution >= 0.6 is 0 Å². The van der Waals surface area contributed by atoms with Crippen LogP contribution in [-0.2, 0) is 0 Å². The molecule has 0 heterocycles.